The van der Waals surface area contributed by atoms with Crippen molar-refractivity contribution in [2.75, 3.05) is 11.1 Å². The molecule has 1 aliphatic heterocycles. The van der Waals surface area contributed by atoms with Gasteiger partial charge in [0.15, 0.2) is 0 Å². The molecule has 106 valence electrons. The smallest absolute Gasteiger partial charge is 0.207 e. The summed E-state index contributed by atoms with van der Waals surface area (Å²) in [5.41, 5.74) is 2.17. The molecule has 20 heavy (non-hydrogen) atoms. The first-order valence-corrected chi connectivity index (χ1v) is 8.33. The van der Waals surface area contributed by atoms with Crippen molar-refractivity contribution in [2.24, 2.45) is 0 Å². The third-order valence-corrected chi connectivity index (χ3v) is 4.98. The number of anilines is 2. The van der Waals surface area contributed by atoms with Gasteiger partial charge in [-0.1, -0.05) is 24.6 Å². The molecule has 1 aromatic carbocycles. The Morgan fingerprint density at radius 3 is 2.90 bits per heavy atom. The molecular formula is C16H21N3S. The van der Waals surface area contributed by atoms with E-state index in [0.717, 1.165) is 29.1 Å². The second kappa shape index (κ2) is 6.35. The molecule has 1 aliphatic rings. The molecule has 2 aromatic rings. The first-order valence-electron chi connectivity index (χ1n) is 7.29. The van der Waals surface area contributed by atoms with Crippen LogP contribution in [0, 0.1) is 6.92 Å². The largest absolute Gasteiger partial charge is 0.326 e. The molecule has 4 heteroatoms. The first kappa shape index (κ1) is 13.6. The van der Waals surface area contributed by atoms with E-state index in [-0.39, 0.29) is 0 Å². The Bertz CT molecular complexity index is 544. The van der Waals surface area contributed by atoms with Gasteiger partial charge in [0, 0.05) is 23.7 Å². The highest BCUT2D eigenvalue weighted by molar-refractivity contribution is 7.99. The normalized spacial score (nSPS) is 18.9. The van der Waals surface area contributed by atoms with Crippen LogP contribution in [0.25, 0.3) is 0 Å². The van der Waals surface area contributed by atoms with Crippen molar-refractivity contribution in [1.29, 1.82) is 0 Å². The molecule has 1 N–H and O–H groups in total. The number of imidazole rings is 1. The molecule has 1 atom stereocenters. The van der Waals surface area contributed by atoms with E-state index in [1.807, 2.05) is 18.2 Å². The standard InChI is InChI=1S/C16H21N3S/c1-13-11-19(12-15-9-5-6-10-20-15)16(17-13)18-14-7-3-2-4-8-14/h2-4,7-8,11,15H,5-6,9-10,12H2,1H3,(H,17,18). The minimum atomic E-state index is 0.730. The van der Waals surface area contributed by atoms with Gasteiger partial charge in [0.05, 0.1) is 5.69 Å². The highest BCUT2D eigenvalue weighted by Gasteiger charge is 2.16. The molecule has 0 radical (unpaired) electrons. The summed E-state index contributed by atoms with van der Waals surface area (Å²) in [4.78, 5) is 4.61. The summed E-state index contributed by atoms with van der Waals surface area (Å²) in [6.45, 7) is 3.11. The molecular weight excluding hydrogens is 266 g/mol. The first-order chi connectivity index (χ1) is 9.81. The van der Waals surface area contributed by atoms with Crippen molar-refractivity contribution < 1.29 is 0 Å². The third kappa shape index (κ3) is 3.37. The van der Waals surface area contributed by atoms with Crippen molar-refractivity contribution in [1.82, 2.24) is 9.55 Å². The quantitative estimate of drug-likeness (QED) is 0.913. The highest BCUT2D eigenvalue weighted by Crippen LogP contribution is 2.27. The zero-order valence-electron chi connectivity index (χ0n) is 11.9. The predicted octanol–water partition coefficient (Wildman–Crippen LogP) is 4.22. The number of hydrogen-bond acceptors (Lipinski definition) is 3. The lowest BCUT2D eigenvalue weighted by Crippen LogP contribution is -2.17. The lowest BCUT2D eigenvalue weighted by atomic mass is 10.2. The van der Waals surface area contributed by atoms with Gasteiger partial charge in [-0.2, -0.15) is 11.8 Å². The highest BCUT2D eigenvalue weighted by atomic mass is 32.2. The number of thioether (sulfide) groups is 1. The van der Waals surface area contributed by atoms with Gasteiger partial charge in [-0.3, -0.25) is 0 Å². The Balaban J connectivity index is 1.73. The van der Waals surface area contributed by atoms with Gasteiger partial charge < -0.3 is 9.88 Å². The van der Waals surface area contributed by atoms with Crippen LogP contribution in [0.15, 0.2) is 36.5 Å². The molecule has 1 saturated heterocycles. The molecule has 0 spiro atoms. The summed E-state index contributed by atoms with van der Waals surface area (Å²) in [5.74, 6) is 2.26. The molecule has 0 amide bonds. The van der Waals surface area contributed by atoms with Crippen LogP contribution in [0.1, 0.15) is 25.0 Å². The van der Waals surface area contributed by atoms with E-state index >= 15 is 0 Å². The average Bonchev–Trinajstić information content (AvgIpc) is 2.81. The number of aryl methyl sites for hydroxylation is 1. The number of hydrogen-bond donors (Lipinski definition) is 1. The van der Waals surface area contributed by atoms with Crippen LogP contribution in [0.2, 0.25) is 0 Å². The van der Waals surface area contributed by atoms with Crippen molar-refractivity contribution >= 4 is 23.4 Å². The SMILES string of the molecule is Cc1cn(CC2CCCCS2)c(Nc2ccccc2)n1. The number of benzene rings is 1. The Morgan fingerprint density at radius 1 is 1.30 bits per heavy atom. The number of nitrogens with zero attached hydrogens (tertiary/aromatic N) is 2. The Hall–Kier alpha value is -1.42. The van der Waals surface area contributed by atoms with Gasteiger partial charge in [-0.15, -0.1) is 0 Å². The monoisotopic (exact) mass is 287 g/mol. The molecule has 0 bridgehead atoms. The maximum atomic E-state index is 4.61. The summed E-state index contributed by atoms with van der Waals surface area (Å²) in [7, 11) is 0. The summed E-state index contributed by atoms with van der Waals surface area (Å²) < 4.78 is 2.27. The van der Waals surface area contributed by atoms with Crippen LogP contribution >= 0.6 is 11.8 Å². The lowest BCUT2D eigenvalue weighted by molar-refractivity contribution is 0.586. The number of rotatable bonds is 4. The zero-order valence-corrected chi connectivity index (χ0v) is 12.7. The fourth-order valence-electron chi connectivity index (χ4n) is 2.61. The average molecular weight is 287 g/mol. The summed E-state index contributed by atoms with van der Waals surface area (Å²) >= 11 is 2.11. The molecule has 2 heterocycles. The zero-order chi connectivity index (χ0) is 13.8. The fraction of sp³-hybridized carbons (Fsp3) is 0.438. The second-order valence-corrected chi connectivity index (χ2v) is 6.75. The predicted molar refractivity (Wildman–Crippen MR) is 86.8 cm³/mol. The van der Waals surface area contributed by atoms with Gasteiger partial charge in [-0.25, -0.2) is 4.98 Å². The molecule has 1 aromatic heterocycles. The van der Waals surface area contributed by atoms with E-state index < -0.39 is 0 Å². The van der Waals surface area contributed by atoms with Crippen molar-refractivity contribution in [2.45, 2.75) is 38.0 Å². The van der Waals surface area contributed by atoms with Gasteiger partial charge in [-0.05, 0) is 37.7 Å². The molecule has 1 fully saturated rings. The molecule has 0 saturated carbocycles. The van der Waals surface area contributed by atoms with Crippen molar-refractivity contribution in [3.8, 4) is 0 Å². The Kier molecular flexibility index (Phi) is 4.31. The lowest BCUT2D eigenvalue weighted by Gasteiger charge is -2.22. The fourth-order valence-corrected chi connectivity index (χ4v) is 3.91. The molecule has 3 rings (SSSR count). The van der Waals surface area contributed by atoms with Crippen molar-refractivity contribution in [3.05, 3.63) is 42.2 Å². The van der Waals surface area contributed by atoms with Crippen molar-refractivity contribution in [3.63, 3.8) is 0 Å². The van der Waals surface area contributed by atoms with Crippen LogP contribution in [-0.4, -0.2) is 20.6 Å². The molecule has 3 nitrogen and oxygen atoms in total. The van der Waals surface area contributed by atoms with E-state index in [1.165, 1.54) is 25.0 Å². The second-order valence-electron chi connectivity index (χ2n) is 5.34. The van der Waals surface area contributed by atoms with Crippen LogP contribution in [-0.2, 0) is 6.54 Å². The van der Waals surface area contributed by atoms with E-state index in [0.29, 0.717) is 0 Å². The van der Waals surface area contributed by atoms with Gasteiger partial charge in [0.2, 0.25) is 5.95 Å². The summed E-state index contributed by atoms with van der Waals surface area (Å²) in [6, 6.07) is 10.3. The Labute approximate surface area is 124 Å². The maximum Gasteiger partial charge on any atom is 0.207 e. The van der Waals surface area contributed by atoms with Gasteiger partial charge in [0.1, 0.15) is 0 Å². The minimum absolute atomic E-state index is 0.730. The van der Waals surface area contributed by atoms with Crippen LogP contribution in [0.5, 0.6) is 0 Å². The van der Waals surface area contributed by atoms with Crippen LogP contribution in [0.4, 0.5) is 11.6 Å². The van der Waals surface area contributed by atoms with Crippen LogP contribution in [0.3, 0.4) is 0 Å². The topological polar surface area (TPSA) is 29.9 Å². The summed E-state index contributed by atoms with van der Waals surface area (Å²) in [6.07, 6.45) is 6.22. The number of nitrogens with one attached hydrogen (secondary N) is 1. The van der Waals surface area contributed by atoms with Crippen LogP contribution < -0.4 is 5.32 Å². The maximum absolute atomic E-state index is 4.61. The van der Waals surface area contributed by atoms with Gasteiger partial charge >= 0.3 is 0 Å². The van der Waals surface area contributed by atoms with E-state index in [1.54, 1.807) is 0 Å². The third-order valence-electron chi connectivity index (χ3n) is 3.60. The molecule has 1 unspecified atom stereocenters. The van der Waals surface area contributed by atoms with Gasteiger partial charge in [0.25, 0.3) is 0 Å². The molecule has 0 aliphatic carbocycles. The number of aromatic nitrogens is 2. The van der Waals surface area contributed by atoms with E-state index in [2.05, 4.69) is 51.9 Å². The Morgan fingerprint density at radius 2 is 2.15 bits per heavy atom. The van der Waals surface area contributed by atoms with E-state index in [9.17, 15) is 0 Å². The number of para-hydroxylation sites is 1. The van der Waals surface area contributed by atoms with E-state index in [4.69, 9.17) is 0 Å². The minimum Gasteiger partial charge on any atom is -0.326 e. The summed E-state index contributed by atoms with van der Waals surface area (Å²) in [5, 5.41) is 4.16.